The summed E-state index contributed by atoms with van der Waals surface area (Å²) in [4.78, 5) is 39.4. The van der Waals surface area contributed by atoms with E-state index in [1.165, 1.54) is 0 Å². The predicted octanol–water partition coefficient (Wildman–Crippen LogP) is 5.32. The molecule has 1 N–H and O–H groups in total. The number of thioether (sulfide) groups is 1. The summed E-state index contributed by atoms with van der Waals surface area (Å²) < 4.78 is 1.74. The molecule has 1 saturated heterocycles. The summed E-state index contributed by atoms with van der Waals surface area (Å²) in [6.45, 7) is 4.23. The van der Waals surface area contributed by atoms with Crippen LogP contribution in [0.4, 0.5) is 4.79 Å². The lowest BCUT2D eigenvalue weighted by Crippen LogP contribution is -2.37. The van der Waals surface area contributed by atoms with Gasteiger partial charge in [0.05, 0.1) is 22.7 Å². The summed E-state index contributed by atoms with van der Waals surface area (Å²) in [5.41, 5.74) is 3.43. The van der Waals surface area contributed by atoms with Crippen LogP contribution in [0.2, 0.25) is 10.0 Å². The van der Waals surface area contributed by atoms with Crippen molar-refractivity contribution in [2.75, 3.05) is 13.1 Å². The molecule has 180 valence electrons. The Labute approximate surface area is 217 Å². The topological polar surface area (TPSA) is 84.3 Å². The SMILES string of the molecule is Cc1nn(Cc2ccccc2Cl)c(C)c1C(=O)NCCN1C(=O)SC(=Cc2ccc(Cl)cc2)C1=O. The highest BCUT2D eigenvalue weighted by Gasteiger charge is 2.34. The summed E-state index contributed by atoms with van der Waals surface area (Å²) in [6.07, 6.45) is 1.65. The first-order valence-electron chi connectivity index (χ1n) is 10.8. The molecule has 0 spiro atoms. The number of nitrogens with one attached hydrogen (secondary N) is 1. The van der Waals surface area contributed by atoms with Gasteiger partial charge >= 0.3 is 0 Å². The van der Waals surface area contributed by atoms with E-state index in [4.69, 9.17) is 23.2 Å². The van der Waals surface area contributed by atoms with Gasteiger partial charge in [0.25, 0.3) is 17.1 Å². The van der Waals surface area contributed by atoms with Crippen LogP contribution in [0, 0.1) is 13.8 Å². The summed E-state index contributed by atoms with van der Waals surface area (Å²) in [5, 5.41) is 8.14. The van der Waals surface area contributed by atoms with Crippen molar-refractivity contribution in [2.24, 2.45) is 0 Å². The molecule has 10 heteroatoms. The first kappa shape index (κ1) is 25.0. The number of amides is 3. The number of benzene rings is 2. The number of hydrogen-bond donors (Lipinski definition) is 1. The van der Waals surface area contributed by atoms with Crippen molar-refractivity contribution >= 4 is 58.1 Å². The predicted molar refractivity (Wildman–Crippen MR) is 139 cm³/mol. The molecule has 1 aliphatic heterocycles. The molecule has 3 aromatic rings. The van der Waals surface area contributed by atoms with Crippen molar-refractivity contribution in [3.05, 3.63) is 91.6 Å². The summed E-state index contributed by atoms with van der Waals surface area (Å²) in [7, 11) is 0. The van der Waals surface area contributed by atoms with Gasteiger partial charge in [0.15, 0.2) is 0 Å². The van der Waals surface area contributed by atoms with Crippen LogP contribution >= 0.6 is 35.0 Å². The van der Waals surface area contributed by atoms with Crippen molar-refractivity contribution in [3.8, 4) is 0 Å². The van der Waals surface area contributed by atoms with Crippen molar-refractivity contribution in [3.63, 3.8) is 0 Å². The molecule has 2 heterocycles. The fraction of sp³-hybridized carbons (Fsp3) is 0.200. The van der Waals surface area contributed by atoms with Gasteiger partial charge in [0.2, 0.25) is 0 Å². The Kier molecular flexibility index (Phi) is 7.64. The zero-order valence-electron chi connectivity index (χ0n) is 19.0. The van der Waals surface area contributed by atoms with E-state index < -0.39 is 0 Å². The largest absolute Gasteiger partial charge is 0.350 e. The number of nitrogens with zero attached hydrogens (tertiary/aromatic N) is 3. The van der Waals surface area contributed by atoms with Gasteiger partial charge in [0.1, 0.15) is 0 Å². The highest BCUT2D eigenvalue weighted by atomic mass is 35.5. The molecule has 1 aromatic heterocycles. The van der Waals surface area contributed by atoms with Crippen LogP contribution in [-0.4, -0.2) is 44.8 Å². The molecule has 7 nitrogen and oxygen atoms in total. The minimum Gasteiger partial charge on any atom is -0.350 e. The fourth-order valence-corrected chi connectivity index (χ4v) is 4.93. The Balaban J connectivity index is 1.38. The number of aromatic nitrogens is 2. The first-order chi connectivity index (χ1) is 16.7. The van der Waals surface area contributed by atoms with Gasteiger partial charge in [-0.05, 0) is 61.0 Å². The van der Waals surface area contributed by atoms with Crippen LogP contribution in [0.5, 0.6) is 0 Å². The summed E-state index contributed by atoms with van der Waals surface area (Å²) >= 11 is 13.0. The van der Waals surface area contributed by atoms with Crippen LogP contribution in [-0.2, 0) is 11.3 Å². The quantitative estimate of drug-likeness (QED) is 0.419. The fourth-order valence-electron chi connectivity index (χ4n) is 3.74. The molecule has 35 heavy (non-hydrogen) atoms. The first-order valence-corrected chi connectivity index (χ1v) is 12.4. The molecular formula is C25H22Cl2N4O3S. The van der Waals surface area contributed by atoms with E-state index in [0.29, 0.717) is 38.4 Å². The number of carbonyl (C=O) groups is 3. The van der Waals surface area contributed by atoms with Gasteiger partial charge in [-0.2, -0.15) is 5.10 Å². The maximum absolute atomic E-state index is 12.9. The molecule has 0 atom stereocenters. The lowest BCUT2D eigenvalue weighted by Gasteiger charge is -2.13. The lowest BCUT2D eigenvalue weighted by atomic mass is 10.1. The van der Waals surface area contributed by atoms with Gasteiger partial charge in [-0.25, -0.2) is 0 Å². The van der Waals surface area contributed by atoms with Crippen molar-refractivity contribution in [1.29, 1.82) is 0 Å². The second kappa shape index (κ2) is 10.7. The zero-order valence-corrected chi connectivity index (χ0v) is 21.4. The Morgan fingerprint density at radius 1 is 1.09 bits per heavy atom. The van der Waals surface area contributed by atoms with Crippen molar-refractivity contribution < 1.29 is 14.4 Å². The van der Waals surface area contributed by atoms with E-state index in [-0.39, 0.29) is 30.1 Å². The average Bonchev–Trinajstić information content (AvgIpc) is 3.25. The molecule has 0 unspecified atom stereocenters. The highest BCUT2D eigenvalue weighted by molar-refractivity contribution is 8.18. The number of carbonyl (C=O) groups excluding carboxylic acids is 3. The van der Waals surface area contributed by atoms with E-state index >= 15 is 0 Å². The minimum atomic E-state index is -0.385. The second-order valence-corrected chi connectivity index (χ2v) is 9.77. The third-order valence-corrected chi connectivity index (χ3v) is 7.08. The number of halogens is 2. The number of hydrogen-bond acceptors (Lipinski definition) is 5. The third-order valence-electron chi connectivity index (χ3n) is 5.55. The summed E-state index contributed by atoms with van der Waals surface area (Å²) in [5.74, 6) is -0.696. The Morgan fingerprint density at radius 3 is 2.51 bits per heavy atom. The molecule has 1 fully saturated rings. The molecule has 0 bridgehead atoms. The zero-order chi connectivity index (χ0) is 25.1. The second-order valence-electron chi connectivity index (χ2n) is 7.94. The van der Waals surface area contributed by atoms with Gasteiger partial charge in [-0.1, -0.05) is 53.5 Å². The normalized spacial score (nSPS) is 14.7. The number of imide groups is 1. The maximum atomic E-state index is 12.9. The van der Waals surface area contributed by atoms with Gasteiger partial charge in [-0.15, -0.1) is 0 Å². The maximum Gasteiger partial charge on any atom is 0.293 e. The molecule has 1 aliphatic rings. The standard InChI is InChI=1S/C25H22Cl2N4O3S/c1-15-22(16(2)31(29-15)14-18-5-3-4-6-20(18)27)23(32)28-11-12-30-24(33)21(35-25(30)34)13-17-7-9-19(26)10-8-17/h3-10,13H,11-12,14H2,1-2H3,(H,28,32). The minimum absolute atomic E-state index is 0.0697. The van der Waals surface area contributed by atoms with Gasteiger partial charge in [0, 0.05) is 28.8 Å². The van der Waals surface area contributed by atoms with Crippen LogP contribution < -0.4 is 5.32 Å². The molecule has 3 amide bonds. The molecule has 0 radical (unpaired) electrons. The van der Waals surface area contributed by atoms with Crippen LogP contribution in [0.25, 0.3) is 6.08 Å². The lowest BCUT2D eigenvalue weighted by molar-refractivity contribution is -0.122. The van der Waals surface area contributed by atoms with Crippen LogP contribution in [0.1, 0.15) is 32.9 Å². The third kappa shape index (κ3) is 5.61. The average molecular weight is 529 g/mol. The Morgan fingerprint density at radius 2 is 1.80 bits per heavy atom. The molecule has 0 saturated carbocycles. The highest BCUT2D eigenvalue weighted by Crippen LogP contribution is 2.32. The smallest absolute Gasteiger partial charge is 0.293 e. The number of aryl methyl sites for hydroxylation is 1. The Bertz CT molecular complexity index is 1330. The Hall–Kier alpha value is -3.07. The van der Waals surface area contributed by atoms with Crippen LogP contribution in [0.15, 0.2) is 53.4 Å². The number of rotatable bonds is 7. The van der Waals surface area contributed by atoms with Crippen molar-refractivity contribution in [1.82, 2.24) is 20.0 Å². The van der Waals surface area contributed by atoms with E-state index in [1.807, 2.05) is 31.2 Å². The van der Waals surface area contributed by atoms with E-state index in [2.05, 4.69) is 10.4 Å². The molecule has 2 aromatic carbocycles. The van der Waals surface area contributed by atoms with E-state index in [9.17, 15) is 14.4 Å². The van der Waals surface area contributed by atoms with Gasteiger partial charge in [-0.3, -0.25) is 24.0 Å². The monoisotopic (exact) mass is 528 g/mol. The van der Waals surface area contributed by atoms with E-state index in [0.717, 1.165) is 27.8 Å². The molecule has 0 aliphatic carbocycles. The van der Waals surface area contributed by atoms with Crippen molar-refractivity contribution in [2.45, 2.75) is 20.4 Å². The molecule has 4 rings (SSSR count). The van der Waals surface area contributed by atoms with E-state index in [1.54, 1.807) is 41.9 Å². The van der Waals surface area contributed by atoms with Gasteiger partial charge < -0.3 is 5.32 Å². The van der Waals surface area contributed by atoms with Crippen LogP contribution in [0.3, 0.4) is 0 Å². The molecular weight excluding hydrogens is 507 g/mol. The summed E-state index contributed by atoms with van der Waals surface area (Å²) in [6, 6.07) is 14.5.